The van der Waals surface area contributed by atoms with E-state index in [-0.39, 0.29) is 11.7 Å². The highest BCUT2D eigenvalue weighted by Crippen LogP contribution is 2.22. The molecule has 0 bridgehead atoms. The van der Waals surface area contributed by atoms with E-state index in [0.29, 0.717) is 17.5 Å². The summed E-state index contributed by atoms with van der Waals surface area (Å²) in [5.74, 6) is -0.116. The lowest BCUT2D eigenvalue weighted by Crippen LogP contribution is -2.44. The summed E-state index contributed by atoms with van der Waals surface area (Å²) in [6, 6.07) is 18.4. The van der Waals surface area contributed by atoms with Gasteiger partial charge in [-0.1, -0.05) is 72.8 Å². The first-order valence-electron chi connectivity index (χ1n) is 8.60. The summed E-state index contributed by atoms with van der Waals surface area (Å²) in [4.78, 5) is 24.5. The SMILES string of the molecule is CC1(NC(=O)c2ccccc2)C=CC(C=CC(=O)c2ccccc2)=CC1. The van der Waals surface area contributed by atoms with Crippen LogP contribution >= 0.6 is 0 Å². The Morgan fingerprint density at radius 1 is 0.962 bits per heavy atom. The van der Waals surface area contributed by atoms with Gasteiger partial charge in [-0.05, 0) is 37.1 Å². The molecule has 2 aromatic carbocycles. The third-order valence-electron chi connectivity index (χ3n) is 4.33. The molecular weight excluding hydrogens is 322 g/mol. The highest BCUT2D eigenvalue weighted by Gasteiger charge is 2.24. The van der Waals surface area contributed by atoms with Crippen molar-refractivity contribution in [1.29, 1.82) is 0 Å². The molecule has 0 aromatic heterocycles. The molecule has 130 valence electrons. The van der Waals surface area contributed by atoms with Crippen LogP contribution in [0.4, 0.5) is 0 Å². The van der Waals surface area contributed by atoms with Crippen molar-refractivity contribution in [2.45, 2.75) is 18.9 Å². The molecule has 1 amide bonds. The lowest BCUT2D eigenvalue weighted by molar-refractivity contribution is 0.0922. The van der Waals surface area contributed by atoms with Crippen molar-refractivity contribution in [1.82, 2.24) is 5.32 Å². The first kappa shape index (κ1) is 17.6. The Morgan fingerprint density at radius 2 is 1.58 bits per heavy atom. The molecule has 3 heteroatoms. The molecule has 1 unspecified atom stereocenters. The number of amides is 1. The van der Waals surface area contributed by atoms with E-state index in [1.54, 1.807) is 30.3 Å². The average Bonchev–Trinajstić information content (AvgIpc) is 2.68. The maximum atomic E-state index is 12.3. The van der Waals surface area contributed by atoms with Gasteiger partial charge >= 0.3 is 0 Å². The van der Waals surface area contributed by atoms with Crippen LogP contribution in [0.15, 0.2) is 96.6 Å². The molecular formula is C23H21NO2. The average molecular weight is 343 g/mol. The normalized spacial score (nSPS) is 19.2. The van der Waals surface area contributed by atoms with E-state index in [9.17, 15) is 9.59 Å². The van der Waals surface area contributed by atoms with Crippen molar-refractivity contribution in [3.05, 3.63) is 108 Å². The number of hydrogen-bond acceptors (Lipinski definition) is 2. The van der Waals surface area contributed by atoms with Crippen molar-refractivity contribution >= 4 is 11.7 Å². The maximum Gasteiger partial charge on any atom is 0.251 e. The topological polar surface area (TPSA) is 46.2 Å². The van der Waals surface area contributed by atoms with Gasteiger partial charge in [0.15, 0.2) is 5.78 Å². The molecule has 0 radical (unpaired) electrons. The Labute approximate surface area is 153 Å². The van der Waals surface area contributed by atoms with Crippen molar-refractivity contribution < 1.29 is 9.59 Å². The molecule has 2 aromatic rings. The smallest absolute Gasteiger partial charge is 0.251 e. The lowest BCUT2D eigenvalue weighted by atomic mass is 9.90. The molecule has 1 atom stereocenters. The fourth-order valence-corrected chi connectivity index (χ4v) is 2.75. The molecule has 1 N–H and O–H groups in total. The molecule has 0 fully saturated rings. The standard InChI is InChI=1S/C23H21NO2/c1-23(24-22(26)20-10-6-3-7-11-20)16-14-18(15-17-23)12-13-21(25)19-8-4-2-5-9-19/h2-16H,17H2,1H3,(H,24,26). The van der Waals surface area contributed by atoms with Crippen LogP contribution in [0.3, 0.4) is 0 Å². The van der Waals surface area contributed by atoms with Crippen molar-refractivity contribution in [2.75, 3.05) is 0 Å². The van der Waals surface area contributed by atoms with E-state index in [0.717, 1.165) is 5.57 Å². The fourth-order valence-electron chi connectivity index (χ4n) is 2.75. The van der Waals surface area contributed by atoms with Crippen LogP contribution in [0.5, 0.6) is 0 Å². The second-order valence-electron chi connectivity index (χ2n) is 6.54. The van der Waals surface area contributed by atoms with Crippen LogP contribution in [0.2, 0.25) is 0 Å². The van der Waals surface area contributed by atoms with Gasteiger partial charge in [0.05, 0.1) is 5.54 Å². The predicted molar refractivity (Wildman–Crippen MR) is 104 cm³/mol. The third kappa shape index (κ3) is 4.45. The van der Waals surface area contributed by atoms with Crippen LogP contribution in [0.25, 0.3) is 0 Å². The quantitative estimate of drug-likeness (QED) is 0.642. The summed E-state index contributed by atoms with van der Waals surface area (Å²) in [6.07, 6.45) is 9.99. The number of ketones is 1. The van der Waals surface area contributed by atoms with Crippen molar-refractivity contribution in [3.63, 3.8) is 0 Å². The summed E-state index contributed by atoms with van der Waals surface area (Å²) in [5.41, 5.74) is 1.84. The lowest BCUT2D eigenvalue weighted by Gasteiger charge is -2.29. The van der Waals surface area contributed by atoms with Crippen LogP contribution in [0.1, 0.15) is 34.1 Å². The van der Waals surface area contributed by atoms with Gasteiger partial charge in [0, 0.05) is 11.1 Å². The number of nitrogens with one attached hydrogen (secondary N) is 1. The van der Waals surface area contributed by atoms with Gasteiger partial charge in [-0.2, -0.15) is 0 Å². The summed E-state index contributed by atoms with van der Waals surface area (Å²) in [5, 5.41) is 3.06. The minimum absolute atomic E-state index is 0.0226. The van der Waals surface area contributed by atoms with Crippen LogP contribution in [-0.2, 0) is 0 Å². The fraction of sp³-hybridized carbons (Fsp3) is 0.130. The van der Waals surface area contributed by atoms with Crippen LogP contribution in [-0.4, -0.2) is 17.2 Å². The molecule has 1 aliphatic rings. The van der Waals surface area contributed by atoms with E-state index in [4.69, 9.17) is 0 Å². The first-order valence-corrected chi connectivity index (χ1v) is 8.60. The van der Waals surface area contributed by atoms with E-state index in [1.807, 2.05) is 67.6 Å². The minimum Gasteiger partial charge on any atom is -0.343 e. The van der Waals surface area contributed by atoms with E-state index in [2.05, 4.69) is 5.32 Å². The number of hydrogen-bond donors (Lipinski definition) is 1. The molecule has 1 aliphatic carbocycles. The van der Waals surface area contributed by atoms with E-state index >= 15 is 0 Å². The van der Waals surface area contributed by atoms with Gasteiger partial charge in [0.2, 0.25) is 0 Å². The molecule has 3 nitrogen and oxygen atoms in total. The summed E-state index contributed by atoms with van der Waals surface area (Å²) < 4.78 is 0. The van der Waals surface area contributed by atoms with E-state index in [1.165, 1.54) is 0 Å². The molecule has 0 saturated carbocycles. The zero-order valence-corrected chi connectivity index (χ0v) is 14.7. The summed E-state index contributed by atoms with van der Waals surface area (Å²) in [6.45, 7) is 1.98. The second kappa shape index (κ2) is 7.79. The minimum atomic E-state index is -0.437. The zero-order chi connectivity index (χ0) is 18.4. The van der Waals surface area contributed by atoms with Gasteiger partial charge in [-0.15, -0.1) is 0 Å². The number of allylic oxidation sites excluding steroid dienone is 4. The molecule has 3 rings (SSSR count). The third-order valence-corrected chi connectivity index (χ3v) is 4.33. The predicted octanol–water partition coefficient (Wildman–Crippen LogP) is 4.50. The van der Waals surface area contributed by atoms with Crippen LogP contribution < -0.4 is 5.32 Å². The second-order valence-corrected chi connectivity index (χ2v) is 6.54. The first-order chi connectivity index (χ1) is 12.6. The van der Waals surface area contributed by atoms with E-state index < -0.39 is 5.54 Å². The Bertz CT molecular complexity index is 879. The van der Waals surface area contributed by atoms with Gasteiger partial charge in [0.25, 0.3) is 5.91 Å². The summed E-state index contributed by atoms with van der Waals surface area (Å²) >= 11 is 0. The Hall–Kier alpha value is -3.20. The molecule has 0 aliphatic heterocycles. The largest absolute Gasteiger partial charge is 0.343 e. The highest BCUT2D eigenvalue weighted by atomic mass is 16.1. The monoisotopic (exact) mass is 343 g/mol. The molecule has 26 heavy (non-hydrogen) atoms. The van der Waals surface area contributed by atoms with Crippen molar-refractivity contribution in [2.24, 2.45) is 0 Å². The number of rotatable bonds is 5. The highest BCUT2D eigenvalue weighted by molar-refractivity contribution is 6.04. The van der Waals surface area contributed by atoms with Gasteiger partial charge in [-0.25, -0.2) is 0 Å². The van der Waals surface area contributed by atoms with Gasteiger partial charge in [0.1, 0.15) is 0 Å². The Balaban J connectivity index is 1.61. The van der Waals surface area contributed by atoms with Gasteiger partial charge in [-0.3, -0.25) is 9.59 Å². The molecule has 0 heterocycles. The zero-order valence-electron chi connectivity index (χ0n) is 14.7. The molecule has 0 saturated heterocycles. The Morgan fingerprint density at radius 3 is 2.15 bits per heavy atom. The Kier molecular flexibility index (Phi) is 5.28. The van der Waals surface area contributed by atoms with Gasteiger partial charge < -0.3 is 5.32 Å². The van der Waals surface area contributed by atoms with Crippen LogP contribution in [0, 0.1) is 0 Å². The molecule has 0 spiro atoms. The van der Waals surface area contributed by atoms with Crippen molar-refractivity contribution in [3.8, 4) is 0 Å². The number of carbonyl (C=O) groups excluding carboxylic acids is 2. The number of carbonyl (C=O) groups is 2. The number of benzene rings is 2. The maximum absolute atomic E-state index is 12.3. The summed E-state index contributed by atoms with van der Waals surface area (Å²) in [7, 11) is 0.